The number of allylic oxidation sites excluding steroid dienone is 2. The van der Waals surface area contributed by atoms with Crippen LogP contribution in [0.2, 0.25) is 0 Å². The van der Waals surface area contributed by atoms with E-state index in [1.807, 2.05) is 0 Å². The van der Waals surface area contributed by atoms with Gasteiger partial charge in [0.1, 0.15) is 5.82 Å². The van der Waals surface area contributed by atoms with Crippen molar-refractivity contribution in [3.63, 3.8) is 0 Å². The summed E-state index contributed by atoms with van der Waals surface area (Å²) in [7, 11) is 0. The summed E-state index contributed by atoms with van der Waals surface area (Å²) in [6.45, 7) is 2.22. The molecule has 1 aliphatic carbocycles. The van der Waals surface area contributed by atoms with Crippen molar-refractivity contribution >= 4 is 0 Å². The van der Waals surface area contributed by atoms with E-state index in [0.717, 1.165) is 31.2 Å². The fraction of sp³-hybridized carbons (Fsp3) is 0.304. The maximum atomic E-state index is 12.9. The Labute approximate surface area is 144 Å². The van der Waals surface area contributed by atoms with Gasteiger partial charge >= 0.3 is 0 Å². The van der Waals surface area contributed by atoms with E-state index in [0.29, 0.717) is 5.92 Å². The van der Waals surface area contributed by atoms with Crippen LogP contribution in [0, 0.1) is 17.7 Å². The second-order valence-corrected chi connectivity index (χ2v) is 6.45. The van der Waals surface area contributed by atoms with E-state index < -0.39 is 0 Å². The normalized spacial score (nSPS) is 16.9. The summed E-state index contributed by atoms with van der Waals surface area (Å²) in [5.74, 6) is 6.77. The number of aryl methyl sites for hydroxylation is 1. The number of rotatable bonds is 3. The second-order valence-electron chi connectivity index (χ2n) is 6.45. The van der Waals surface area contributed by atoms with Crippen molar-refractivity contribution in [2.75, 3.05) is 0 Å². The van der Waals surface area contributed by atoms with Crippen LogP contribution in [0.1, 0.15) is 55.2 Å². The molecule has 0 bridgehead atoms. The quantitative estimate of drug-likeness (QED) is 0.607. The summed E-state index contributed by atoms with van der Waals surface area (Å²) < 4.78 is 12.9. The lowest BCUT2D eigenvalue weighted by molar-refractivity contribution is 0.607. The number of benzene rings is 2. The minimum absolute atomic E-state index is 0.217. The molecule has 0 amide bonds. The zero-order valence-corrected chi connectivity index (χ0v) is 14.2. The van der Waals surface area contributed by atoms with E-state index in [2.05, 4.69) is 49.1 Å². The topological polar surface area (TPSA) is 0 Å². The Balaban J connectivity index is 1.62. The van der Waals surface area contributed by atoms with E-state index >= 15 is 0 Å². The van der Waals surface area contributed by atoms with Gasteiger partial charge in [-0.05, 0) is 72.6 Å². The highest BCUT2D eigenvalue weighted by molar-refractivity contribution is 5.41. The molecule has 1 heteroatoms. The molecule has 24 heavy (non-hydrogen) atoms. The fourth-order valence-corrected chi connectivity index (χ4v) is 3.18. The summed E-state index contributed by atoms with van der Waals surface area (Å²) in [5.41, 5.74) is 4.94. The van der Waals surface area contributed by atoms with Gasteiger partial charge in [-0.2, -0.15) is 0 Å². The largest absolute Gasteiger partial charge is 0.207 e. The number of halogens is 1. The Kier molecular flexibility index (Phi) is 5.49. The molecule has 0 saturated heterocycles. The van der Waals surface area contributed by atoms with Gasteiger partial charge in [-0.1, -0.05) is 55.5 Å². The summed E-state index contributed by atoms with van der Waals surface area (Å²) in [4.78, 5) is 0. The lowest BCUT2D eigenvalue weighted by atomic mass is 9.84. The molecular weight excluding hydrogens is 295 g/mol. The van der Waals surface area contributed by atoms with Crippen molar-refractivity contribution < 1.29 is 4.39 Å². The van der Waals surface area contributed by atoms with Crippen LogP contribution in [-0.2, 0) is 6.42 Å². The summed E-state index contributed by atoms with van der Waals surface area (Å²) in [6, 6.07) is 15.5. The molecular formula is C23H23F. The zero-order valence-electron chi connectivity index (χ0n) is 14.2. The van der Waals surface area contributed by atoms with Crippen LogP contribution in [0.4, 0.5) is 4.39 Å². The molecule has 3 rings (SSSR count). The Hall–Kier alpha value is -2.33. The van der Waals surface area contributed by atoms with E-state index in [1.165, 1.54) is 35.3 Å². The van der Waals surface area contributed by atoms with Crippen molar-refractivity contribution in [2.45, 2.75) is 44.9 Å². The Bertz CT molecular complexity index is 754. The highest BCUT2D eigenvalue weighted by Crippen LogP contribution is 2.32. The molecule has 122 valence electrons. The summed E-state index contributed by atoms with van der Waals surface area (Å²) in [5, 5.41) is 0. The van der Waals surface area contributed by atoms with E-state index in [1.54, 1.807) is 12.1 Å². The maximum Gasteiger partial charge on any atom is 0.123 e. The predicted octanol–water partition coefficient (Wildman–Crippen LogP) is 6.02. The van der Waals surface area contributed by atoms with Crippen molar-refractivity contribution in [1.82, 2.24) is 0 Å². The maximum absolute atomic E-state index is 12.9. The minimum Gasteiger partial charge on any atom is -0.207 e. The van der Waals surface area contributed by atoms with Crippen LogP contribution in [0.5, 0.6) is 0 Å². The highest BCUT2D eigenvalue weighted by atomic mass is 19.1. The number of hydrogen-bond donors (Lipinski definition) is 0. The fourth-order valence-electron chi connectivity index (χ4n) is 3.18. The van der Waals surface area contributed by atoms with Crippen LogP contribution in [-0.4, -0.2) is 0 Å². The lowest BCUT2D eigenvalue weighted by Crippen LogP contribution is -2.04. The molecule has 0 radical (unpaired) electrons. The summed E-state index contributed by atoms with van der Waals surface area (Å²) >= 11 is 0. The van der Waals surface area contributed by atoms with E-state index in [9.17, 15) is 4.39 Å². The Morgan fingerprint density at radius 2 is 1.75 bits per heavy atom. The third-order valence-electron chi connectivity index (χ3n) is 4.61. The average Bonchev–Trinajstić information content (AvgIpc) is 2.63. The molecule has 0 spiro atoms. The molecule has 2 aromatic carbocycles. The van der Waals surface area contributed by atoms with Gasteiger partial charge in [-0.15, -0.1) is 0 Å². The molecule has 0 aliphatic heterocycles. The monoisotopic (exact) mass is 318 g/mol. The van der Waals surface area contributed by atoms with Gasteiger partial charge in [0.05, 0.1) is 0 Å². The van der Waals surface area contributed by atoms with Gasteiger partial charge < -0.3 is 0 Å². The first-order valence-electron chi connectivity index (χ1n) is 8.80. The molecule has 1 unspecified atom stereocenters. The smallest absolute Gasteiger partial charge is 0.123 e. The molecule has 0 heterocycles. The van der Waals surface area contributed by atoms with Crippen LogP contribution in [0.15, 0.2) is 60.2 Å². The van der Waals surface area contributed by atoms with Gasteiger partial charge in [0.2, 0.25) is 0 Å². The van der Waals surface area contributed by atoms with Gasteiger partial charge in [0.15, 0.2) is 0 Å². The van der Waals surface area contributed by atoms with Gasteiger partial charge in [0.25, 0.3) is 0 Å². The molecule has 0 fully saturated rings. The molecule has 2 aromatic rings. The molecule has 0 saturated carbocycles. The van der Waals surface area contributed by atoms with Gasteiger partial charge in [0, 0.05) is 5.56 Å². The van der Waals surface area contributed by atoms with Crippen LogP contribution in [0.25, 0.3) is 0 Å². The second kappa shape index (κ2) is 7.97. The third-order valence-corrected chi connectivity index (χ3v) is 4.61. The molecule has 1 atom stereocenters. The standard InChI is InChI=1S/C23H23F/c1-2-3-18-6-12-21(13-7-18)22-14-8-19(9-15-22)4-5-20-10-16-23(24)17-11-20/h6-8,10-13,16-17,22H,2-3,9,14-15H2,1H3. The third kappa shape index (κ3) is 4.36. The van der Waals surface area contributed by atoms with Crippen LogP contribution in [0.3, 0.4) is 0 Å². The highest BCUT2D eigenvalue weighted by Gasteiger charge is 2.15. The van der Waals surface area contributed by atoms with Gasteiger partial charge in [-0.25, -0.2) is 4.39 Å². The first kappa shape index (κ1) is 16.5. The summed E-state index contributed by atoms with van der Waals surface area (Å²) in [6.07, 6.45) is 7.85. The first-order valence-corrected chi connectivity index (χ1v) is 8.80. The Morgan fingerprint density at radius 3 is 2.38 bits per heavy atom. The van der Waals surface area contributed by atoms with Crippen LogP contribution >= 0.6 is 0 Å². The zero-order chi connectivity index (χ0) is 16.8. The van der Waals surface area contributed by atoms with Crippen molar-refractivity contribution in [3.05, 3.63) is 82.7 Å². The molecule has 0 N–H and O–H groups in total. The lowest BCUT2D eigenvalue weighted by Gasteiger charge is -2.20. The van der Waals surface area contributed by atoms with E-state index in [4.69, 9.17) is 0 Å². The van der Waals surface area contributed by atoms with Crippen LogP contribution < -0.4 is 0 Å². The minimum atomic E-state index is -0.217. The number of hydrogen-bond acceptors (Lipinski definition) is 0. The molecule has 0 aromatic heterocycles. The SMILES string of the molecule is CCCc1ccc(C2CC=C(C#Cc3ccc(F)cc3)CC2)cc1. The predicted molar refractivity (Wildman–Crippen MR) is 98.4 cm³/mol. The average molecular weight is 318 g/mol. The molecule has 1 aliphatic rings. The van der Waals surface area contributed by atoms with Crippen molar-refractivity contribution in [1.29, 1.82) is 0 Å². The Morgan fingerprint density at radius 1 is 1.00 bits per heavy atom. The van der Waals surface area contributed by atoms with Gasteiger partial charge in [-0.3, -0.25) is 0 Å². The van der Waals surface area contributed by atoms with Crippen molar-refractivity contribution in [2.24, 2.45) is 0 Å². The van der Waals surface area contributed by atoms with Crippen molar-refractivity contribution in [3.8, 4) is 11.8 Å². The first-order chi connectivity index (χ1) is 11.7. The molecule has 0 nitrogen and oxygen atoms in total. The van der Waals surface area contributed by atoms with E-state index in [-0.39, 0.29) is 5.82 Å².